The molecule has 0 radical (unpaired) electrons. The van der Waals surface area contributed by atoms with Crippen LogP contribution in [0.2, 0.25) is 0 Å². The van der Waals surface area contributed by atoms with Crippen molar-refractivity contribution < 1.29 is 19.4 Å². The molecule has 36 heavy (non-hydrogen) atoms. The van der Waals surface area contributed by atoms with Crippen LogP contribution in [-0.2, 0) is 6.42 Å². The van der Waals surface area contributed by atoms with Crippen LogP contribution >= 0.6 is 0 Å². The van der Waals surface area contributed by atoms with Gasteiger partial charge in [0.05, 0.1) is 12.2 Å². The first-order chi connectivity index (χ1) is 17.4. The minimum Gasteiger partial charge on any atom is -0.493 e. The lowest BCUT2D eigenvalue weighted by Gasteiger charge is -2.32. The molecule has 0 bridgehead atoms. The Bertz CT molecular complexity index is 1210. The van der Waals surface area contributed by atoms with E-state index in [0.717, 1.165) is 43.1 Å². The Hall–Kier alpha value is -4.14. The largest absolute Gasteiger partial charge is 0.493 e. The van der Waals surface area contributed by atoms with Crippen molar-refractivity contribution in [3.05, 3.63) is 71.5 Å². The number of aromatic nitrogens is 2. The number of carbonyl (C=O) groups is 2. The summed E-state index contributed by atoms with van der Waals surface area (Å²) in [5, 5.41) is 14.0. The Kier molecular flexibility index (Phi) is 7.99. The molecule has 0 spiro atoms. The van der Waals surface area contributed by atoms with E-state index in [0.29, 0.717) is 35.9 Å². The molecule has 188 valence electrons. The van der Waals surface area contributed by atoms with Gasteiger partial charge in [0.1, 0.15) is 17.4 Å². The van der Waals surface area contributed by atoms with Crippen molar-refractivity contribution in [3.8, 4) is 5.75 Å². The third-order valence-corrected chi connectivity index (χ3v) is 6.12. The molecule has 9 nitrogen and oxygen atoms in total. The summed E-state index contributed by atoms with van der Waals surface area (Å²) >= 11 is 0. The topological polar surface area (TPSA) is 117 Å². The molecular weight excluding hydrogens is 458 g/mol. The number of piperidine rings is 1. The zero-order valence-corrected chi connectivity index (χ0v) is 20.5. The highest BCUT2D eigenvalue weighted by atomic mass is 16.5. The summed E-state index contributed by atoms with van der Waals surface area (Å²) in [4.78, 5) is 35.0. The minimum atomic E-state index is -1.15. The highest BCUT2D eigenvalue weighted by Gasteiger charge is 2.22. The van der Waals surface area contributed by atoms with Gasteiger partial charge in [-0.3, -0.25) is 10.1 Å². The van der Waals surface area contributed by atoms with Crippen molar-refractivity contribution in [1.29, 1.82) is 0 Å². The summed E-state index contributed by atoms with van der Waals surface area (Å²) in [7, 11) is 0. The number of hydrogen-bond donors (Lipinski definition) is 3. The van der Waals surface area contributed by atoms with E-state index in [9.17, 15) is 9.59 Å². The number of hydrogen-bond acceptors (Lipinski definition) is 6. The van der Waals surface area contributed by atoms with Gasteiger partial charge in [-0.1, -0.05) is 13.0 Å². The van der Waals surface area contributed by atoms with Gasteiger partial charge in [-0.05, 0) is 74.2 Å². The molecule has 2 amide bonds. The number of nitrogens with zero attached hydrogens (tertiary/aromatic N) is 3. The Balaban J connectivity index is 1.33. The van der Waals surface area contributed by atoms with E-state index in [1.807, 2.05) is 25.1 Å². The second-order valence-electron chi connectivity index (χ2n) is 9.01. The van der Waals surface area contributed by atoms with Crippen LogP contribution in [0.4, 0.5) is 22.1 Å². The molecular formula is C27H31N5O4. The summed E-state index contributed by atoms with van der Waals surface area (Å²) < 4.78 is 5.79. The summed E-state index contributed by atoms with van der Waals surface area (Å²) in [6.07, 6.45) is 1.56. The first-order valence-electron chi connectivity index (χ1n) is 12.1. The van der Waals surface area contributed by atoms with Gasteiger partial charge in [0.25, 0.3) is 5.91 Å². The van der Waals surface area contributed by atoms with Crippen LogP contribution in [0.3, 0.4) is 0 Å². The first-order valence-corrected chi connectivity index (χ1v) is 12.1. The van der Waals surface area contributed by atoms with Crippen LogP contribution in [-0.4, -0.2) is 46.8 Å². The van der Waals surface area contributed by atoms with Gasteiger partial charge in [0.2, 0.25) is 0 Å². The first kappa shape index (κ1) is 25.0. The van der Waals surface area contributed by atoms with E-state index in [4.69, 9.17) is 9.84 Å². The van der Waals surface area contributed by atoms with Crippen molar-refractivity contribution in [2.75, 3.05) is 35.2 Å². The molecule has 1 aliphatic heterocycles. The molecule has 9 heteroatoms. The number of rotatable bonds is 8. The lowest BCUT2D eigenvalue weighted by Crippen LogP contribution is -2.35. The Morgan fingerprint density at radius 3 is 2.50 bits per heavy atom. The number of pyridine rings is 2. The molecule has 1 aliphatic rings. The van der Waals surface area contributed by atoms with Crippen molar-refractivity contribution in [1.82, 2.24) is 9.97 Å². The lowest BCUT2D eigenvalue weighted by molar-refractivity contribution is 0.102. The molecule has 0 saturated carbocycles. The molecule has 1 fully saturated rings. The zero-order chi connectivity index (χ0) is 25.5. The Labute approximate surface area is 210 Å². The van der Waals surface area contributed by atoms with E-state index in [-0.39, 0.29) is 11.7 Å². The second kappa shape index (κ2) is 11.5. The zero-order valence-electron chi connectivity index (χ0n) is 20.5. The standard InChI is InChI=1S/C27H31N5O4/c1-18-12-15-32(16-13-18)25-23(11-6-19(2)28-25)26(33)30-21-7-9-22(10-8-21)36-17-14-20-4-3-5-24(29-20)31-27(34)35/h3-11,18H,12-17H2,1-2H3,(H,29,31)(H,30,33)(H,34,35). The SMILES string of the molecule is Cc1ccc(C(=O)Nc2ccc(OCCc3cccc(NC(=O)O)n3)cc2)c(N2CCC(C)CC2)n1. The fourth-order valence-corrected chi connectivity index (χ4v) is 4.09. The molecule has 2 aromatic heterocycles. The van der Waals surface area contributed by atoms with Crippen LogP contribution in [0.5, 0.6) is 5.75 Å². The molecule has 4 rings (SSSR count). The summed E-state index contributed by atoms with van der Waals surface area (Å²) in [5.74, 6) is 2.19. The van der Waals surface area contributed by atoms with E-state index < -0.39 is 6.09 Å². The van der Waals surface area contributed by atoms with E-state index in [1.165, 1.54) is 0 Å². The van der Waals surface area contributed by atoms with E-state index in [2.05, 4.69) is 32.4 Å². The number of benzene rings is 1. The Morgan fingerprint density at radius 1 is 1.03 bits per heavy atom. The average molecular weight is 490 g/mol. The van der Waals surface area contributed by atoms with Crippen molar-refractivity contribution in [2.24, 2.45) is 5.92 Å². The van der Waals surface area contributed by atoms with Gasteiger partial charge in [0.15, 0.2) is 0 Å². The predicted octanol–water partition coefficient (Wildman–Crippen LogP) is 4.99. The monoisotopic (exact) mass is 489 g/mol. The van der Waals surface area contributed by atoms with E-state index >= 15 is 0 Å². The maximum absolute atomic E-state index is 13.1. The molecule has 0 unspecified atom stereocenters. The van der Waals surface area contributed by atoms with Gasteiger partial charge < -0.3 is 20.1 Å². The van der Waals surface area contributed by atoms with Crippen molar-refractivity contribution >= 4 is 29.3 Å². The molecule has 3 heterocycles. The number of carbonyl (C=O) groups excluding carboxylic acids is 1. The maximum Gasteiger partial charge on any atom is 0.410 e. The number of amides is 2. The third-order valence-electron chi connectivity index (χ3n) is 6.12. The van der Waals surface area contributed by atoms with Gasteiger partial charge in [-0.15, -0.1) is 0 Å². The van der Waals surface area contributed by atoms with Gasteiger partial charge in [0, 0.05) is 36.6 Å². The number of nitrogens with one attached hydrogen (secondary N) is 2. The van der Waals surface area contributed by atoms with Crippen LogP contribution in [0, 0.1) is 12.8 Å². The summed E-state index contributed by atoms with van der Waals surface area (Å²) in [6.45, 7) is 6.38. The van der Waals surface area contributed by atoms with Gasteiger partial charge >= 0.3 is 6.09 Å². The van der Waals surface area contributed by atoms with Crippen LogP contribution in [0.25, 0.3) is 0 Å². The van der Waals surface area contributed by atoms with E-state index in [1.54, 1.807) is 36.4 Å². The van der Waals surface area contributed by atoms with Crippen LogP contribution < -0.4 is 20.3 Å². The number of carboxylic acid groups (broad SMARTS) is 1. The summed E-state index contributed by atoms with van der Waals surface area (Å²) in [5.41, 5.74) is 2.85. The molecule has 3 aromatic rings. The highest BCUT2D eigenvalue weighted by molar-refractivity contribution is 6.07. The van der Waals surface area contributed by atoms with Crippen molar-refractivity contribution in [2.45, 2.75) is 33.1 Å². The fraction of sp³-hybridized carbons (Fsp3) is 0.333. The maximum atomic E-state index is 13.1. The van der Waals surface area contributed by atoms with Crippen LogP contribution in [0.1, 0.15) is 41.5 Å². The number of anilines is 3. The molecule has 0 aliphatic carbocycles. The fourth-order valence-electron chi connectivity index (χ4n) is 4.09. The third kappa shape index (κ3) is 6.71. The highest BCUT2D eigenvalue weighted by Crippen LogP contribution is 2.26. The number of ether oxygens (including phenoxy) is 1. The minimum absolute atomic E-state index is 0.189. The molecule has 3 N–H and O–H groups in total. The molecule has 1 saturated heterocycles. The van der Waals surface area contributed by atoms with Gasteiger partial charge in [-0.2, -0.15) is 0 Å². The van der Waals surface area contributed by atoms with Crippen molar-refractivity contribution in [3.63, 3.8) is 0 Å². The smallest absolute Gasteiger partial charge is 0.410 e. The average Bonchev–Trinajstić information content (AvgIpc) is 2.85. The predicted molar refractivity (Wildman–Crippen MR) is 139 cm³/mol. The quantitative estimate of drug-likeness (QED) is 0.408. The number of aryl methyl sites for hydroxylation is 1. The van der Waals surface area contributed by atoms with Gasteiger partial charge in [-0.25, -0.2) is 14.8 Å². The normalized spacial score (nSPS) is 13.8. The van der Waals surface area contributed by atoms with Crippen LogP contribution in [0.15, 0.2) is 54.6 Å². The molecule has 0 atom stereocenters. The second-order valence-corrected chi connectivity index (χ2v) is 9.01. The summed E-state index contributed by atoms with van der Waals surface area (Å²) in [6, 6.07) is 16.0. The Morgan fingerprint density at radius 2 is 1.78 bits per heavy atom. The lowest BCUT2D eigenvalue weighted by atomic mass is 9.99. The molecule has 1 aromatic carbocycles.